The summed E-state index contributed by atoms with van der Waals surface area (Å²) >= 11 is 0. The lowest BCUT2D eigenvalue weighted by atomic mass is 9.93. The number of methoxy groups -OCH3 is 1. The second-order valence-corrected chi connectivity index (χ2v) is 5.37. The Bertz CT molecular complexity index is 423. The normalized spacial score (nSPS) is 17.3. The molecule has 1 aromatic heterocycles. The van der Waals surface area contributed by atoms with Crippen LogP contribution in [-0.2, 0) is 11.3 Å². The van der Waals surface area contributed by atoms with Crippen LogP contribution in [0.3, 0.4) is 0 Å². The molecule has 2 rings (SSSR count). The first-order valence-electron chi connectivity index (χ1n) is 7.27. The Balaban J connectivity index is 1.77. The molecule has 0 bridgehead atoms. The van der Waals surface area contributed by atoms with Crippen LogP contribution in [-0.4, -0.2) is 44.7 Å². The number of ether oxygens (including phenoxy) is 1. The highest BCUT2D eigenvalue weighted by molar-refractivity contribution is 5.86. The molecule has 112 valence electrons. The monoisotopic (exact) mass is 280 g/mol. The van der Waals surface area contributed by atoms with E-state index in [4.69, 9.17) is 4.42 Å². The van der Waals surface area contributed by atoms with Gasteiger partial charge in [-0.25, -0.2) is 4.79 Å². The maximum absolute atomic E-state index is 11.3. The molecule has 1 aromatic rings. The molecule has 0 aliphatic carbocycles. The minimum absolute atomic E-state index is 0.284. The van der Waals surface area contributed by atoms with Crippen molar-refractivity contribution in [3.8, 4) is 0 Å². The van der Waals surface area contributed by atoms with Crippen LogP contribution < -0.4 is 5.32 Å². The molecule has 0 saturated carbocycles. The topological polar surface area (TPSA) is 54.7 Å². The Morgan fingerprint density at radius 3 is 2.85 bits per heavy atom. The zero-order valence-corrected chi connectivity index (χ0v) is 12.4. The predicted octanol–water partition coefficient (Wildman–Crippen LogP) is 1.89. The van der Waals surface area contributed by atoms with E-state index in [1.165, 1.54) is 26.4 Å². The van der Waals surface area contributed by atoms with Gasteiger partial charge in [-0.15, -0.1) is 0 Å². The van der Waals surface area contributed by atoms with Gasteiger partial charge in [-0.05, 0) is 64.0 Å². The largest absolute Gasteiger partial charge is 0.463 e. The molecule has 1 aliphatic rings. The highest BCUT2D eigenvalue weighted by Crippen LogP contribution is 2.22. The van der Waals surface area contributed by atoms with Gasteiger partial charge in [0.2, 0.25) is 5.76 Å². The van der Waals surface area contributed by atoms with Gasteiger partial charge >= 0.3 is 5.97 Å². The van der Waals surface area contributed by atoms with Crippen LogP contribution in [0.2, 0.25) is 0 Å². The van der Waals surface area contributed by atoms with Crippen molar-refractivity contribution in [3.63, 3.8) is 0 Å². The molecule has 1 aliphatic heterocycles. The third-order valence-corrected chi connectivity index (χ3v) is 3.94. The van der Waals surface area contributed by atoms with E-state index in [9.17, 15) is 4.79 Å². The zero-order chi connectivity index (χ0) is 14.4. The molecule has 0 unspecified atom stereocenters. The van der Waals surface area contributed by atoms with E-state index in [-0.39, 0.29) is 5.76 Å². The maximum atomic E-state index is 11.3. The summed E-state index contributed by atoms with van der Waals surface area (Å²) in [5.41, 5.74) is 0. The van der Waals surface area contributed by atoms with Crippen molar-refractivity contribution >= 4 is 5.97 Å². The number of piperidine rings is 1. The summed E-state index contributed by atoms with van der Waals surface area (Å²) in [4.78, 5) is 13.7. The molecule has 2 heterocycles. The average Bonchev–Trinajstić information content (AvgIpc) is 2.94. The second-order valence-electron chi connectivity index (χ2n) is 5.37. The van der Waals surface area contributed by atoms with E-state index in [0.717, 1.165) is 37.9 Å². The van der Waals surface area contributed by atoms with E-state index in [1.54, 1.807) is 6.07 Å². The Labute approximate surface area is 120 Å². The summed E-state index contributed by atoms with van der Waals surface area (Å²) in [5, 5.41) is 3.21. The number of hydrogen-bond donors (Lipinski definition) is 1. The van der Waals surface area contributed by atoms with E-state index >= 15 is 0 Å². The molecule has 5 heteroatoms. The van der Waals surface area contributed by atoms with Gasteiger partial charge in [0.05, 0.1) is 13.7 Å². The van der Waals surface area contributed by atoms with Gasteiger partial charge in [0.25, 0.3) is 0 Å². The number of rotatable bonds is 6. The minimum atomic E-state index is -0.415. The van der Waals surface area contributed by atoms with Crippen molar-refractivity contribution in [2.75, 3.05) is 33.8 Å². The van der Waals surface area contributed by atoms with Crippen LogP contribution in [0, 0.1) is 5.92 Å². The Kier molecular flexibility index (Phi) is 5.61. The van der Waals surface area contributed by atoms with Gasteiger partial charge in [0, 0.05) is 0 Å². The van der Waals surface area contributed by atoms with Crippen LogP contribution in [0.1, 0.15) is 35.6 Å². The molecule has 1 fully saturated rings. The van der Waals surface area contributed by atoms with Crippen molar-refractivity contribution in [1.29, 1.82) is 0 Å². The standard InChI is InChI=1S/C15H24N2O3/c1-16-8-5-12-6-9-17(10-7-12)11-13-3-4-14(20-13)15(18)19-2/h3-4,12,16H,5-11H2,1-2H3. The highest BCUT2D eigenvalue weighted by Gasteiger charge is 2.20. The Morgan fingerprint density at radius 2 is 2.20 bits per heavy atom. The van der Waals surface area contributed by atoms with Crippen LogP contribution in [0.5, 0.6) is 0 Å². The third-order valence-electron chi connectivity index (χ3n) is 3.94. The second kappa shape index (κ2) is 7.45. The third kappa shape index (κ3) is 4.08. The van der Waals surface area contributed by atoms with Crippen LogP contribution >= 0.6 is 0 Å². The average molecular weight is 280 g/mol. The van der Waals surface area contributed by atoms with Crippen LogP contribution in [0.15, 0.2) is 16.5 Å². The van der Waals surface area contributed by atoms with Crippen molar-refractivity contribution in [2.45, 2.75) is 25.8 Å². The number of nitrogens with zero attached hydrogens (tertiary/aromatic N) is 1. The molecule has 20 heavy (non-hydrogen) atoms. The van der Waals surface area contributed by atoms with Gasteiger partial charge in [-0.2, -0.15) is 0 Å². The number of carbonyl (C=O) groups excluding carboxylic acids is 1. The molecule has 0 spiro atoms. The summed E-state index contributed by atoms with van der Waals surface area (Å²) in [6.07, 6.45) is 3.75. The molecular weight excluding hydrogens is 256 g/mol. The molecule has 0 atom stereocenters. The van der Waals surface area contributed by atoms with Crippen molar-refractivity contribution in [1.82, 2.24) is 10.2 Å². The van der Waals surface area contributed by atoms with Gasteiger partial charge in [-0.1, -0.05) is 0 Å². The fraction of sp³-hybridized carbons (Fsp3) is 0.667. The van der Waals surface area contributed by atoms with Gasteiger partial charge in [0.1, 0.15) is 5.76 Å². The molecule has 0 aromatic carbocycles. The lowest BCUT2D eigenvalue weighted by Gasteiger charge is -2.31. The van der Waals surface area contributed by atoms with Gasteiger partial charge in [-0.3, -0.25) is 4.90 Å². The fourth-order valence-electron chi connectivity index (χ4n) is 2.68. The molecule has 0 amide bonds. The number of carbonyl (C=O) groups is 1. The van der Waals surface area contributed by atoms with E-state index < -0.39 is 5.97 Å². The smallest absolute Gasteiger partial charge is 0.373 e. The number of likely N-dealkylation sites (tertiary alicyclic amines) is 1. The van der Waals surface area contributed by atoms with Crippen molar-refractivity contribution in [3.05, 3.63) is 23.7 Å². The van der Waals surface area contributed by atoms with Crippen LogP contribution in [0.25, 0.3) is 0 Å². The SMILES string of the molecule is CNCCC1CCN(Cc2ccc(C(=O)OC)o2)CC1. The molecule has 1 N–H and O–H groups in total. The quantitative estimate of drug-likeness (QED) is 0.806. The maximum Gasteiger partial charge on any atom is 0.373 e. The Morgan fingerprint density at radius 1 is 1.45 bits per heavy atom. The Hall–Kier alpha value is -1.33. The summed E-state index contributed by atoms with van der Waals surface area (Å²) in [7, 11) is 3.37. The fourth-order valence-corrected chi connectivity index (χ4v) is 2.68. The lowest BCUT2D eigenvalue weighted by Crippen LogP contribution is -2.33. The van der Waals surface area contributed by atoms with E-state index in [2.05, 4.69) is 15.0 Å². The first-order valence-corrected chi connectivity index (χ1v) is 7.27. The summed E-state index contributed by atoms with van der Waals surface area (Å²) in [6.45, 7) is 4.08. The zero-order valence-electron chi connectivity index (χ0n) is 12.4. The molecule has 1 saturated heterocycles. The number of furan rings is 1. The van der Waals surface area contributed by atoms with E-state index in [0.29, 0.717) is 0 Å². The number of nitrogens with one attached hydrogen (secondary N) is 1. The number of hydrogen-bond acceptors (Lipinski definition) is 5. The van der Waals surface area contributed by atoms with Crippen molar-refractivity contribution in [2.24, 2.45) is 5.92 Å². The highest BCUT2D eigenvalue weighted by atomic mass is 16.5. The lowest BCUT2D eigenvalue weighted by molar-refractivity contribution is 0.0560. The van der Waals surface area contributed by atoms with E-state index in [1.807, 2.05) is 13.1 Å². The molecule has 0 radical (unpaired) electrons. The predicted molar refractivity (Wildman–Crippen MR) is 76.6 cm³/mol. The first kappa shape index (κ1) is 15.1. The van der Waals surface area contributed by atoms with Crippen LogP contribution in [0.4, 0.5) is 0 Å². The first-order chi connectivity index (χ1) is 9.72. The van der Waals surface area contributed by atoms with Gasteiger partial charge < -0.3 is 14.5 Å². The van der Waals surface area contributed by atoms with Crippen molar-refractivity contribution < 1.29 is 13.9 Å². The summed E-state index contributed by atoms with van der Waals surface area (Å²) in [6, 6.07) is 3.54. The number of esters is 1. The minimum Gasteiger partial charge on any atom is -0.463 e. The summed E-state index contributed by atoms with van der Waals surface area (Å²) < 4.78 is 10.1. The van der Waals surface area contributed by atoms with Gasteiger partial charge in [0.15, 0.2) is 0 Å². The summed E-state index contributed by atoms with van der Waals surface area (Å²) in [5.74, 6) is 1.54. The molecule has 5 nitrogen and oxygen atoms in total. The molecular formula is C15H24N2O3.